The van der Waals surface area contributed by atoms with E-state index in [9.17, 15) is 22.0 Å². The highest BCUT2D eigenvalue weighted by molar-refractivity contribution is 7.93. The van der Waals surface area contributed by atoms with Gasteiger partial charge in [-0.15, -0.1) is 11.3 Å². The van der Waals surface area contributed by atoms with Gasteiger partial charge < -0.3 is 5.11 Å². The van der Waals surface area contributed by atoms with Crippen LogP contribution in [-0.2, 0) is 21.1 Å². The number of carboxylic acids is 1. The number of sulfone groups is 1. The fraction of sp³-hybridized carbons (Fsp3) is 0.0800. The van der Waals surface area contributed by atoms with Crippen LogP contribution in [0, 0.1) is 0 Å². The van der Waals surface area contributed by atoms with E-state index < -0.39 is 27.1 Å². The molecule has 2 unspecified atom stereocenters. The van der Waals surface area contributed by atoms with E-state index in [2.05, 4.69) is 0 Å². The fourth-order valence-corrected chi connectivity index (χ4v) is 7.04. The molecule has 180 valence electrons. The Kier molecular flexibility index (Phi) is 7.18. The minimum absolute atomic E-state index is 0.0377. The molecule has 2 N–H and O–H groups in total. The summed E-state index contributed by atoms with van der Waals surface area (Å²) >= 11 is -1.52. The Labute approximate surface area is 209 Å². The van der Waals surface area contributed by atoms with Crippen LogP contribution in [0.2, 0.25) is 0 Å². The zero-order valence-corrected chi connectivity index (χ0v) is 20.9. The third kappa shape index (κ3) is 5.20. The Morgan fingerprint density at radius 2 is 1.46 bits per heavy atom. The lowest BCUT2D eigenvalue weighted by Gasteiger charge is -2.19. The third-order valence-corrected chi connectivity index (χ3v) is 9.69. The molecule has 0 saturated carbocycles. The molecule has 1 aromatic heterocycles. The van der Waals surface area contributed by atoms with E-state index in [1.807, 2.05) is 19.1 Å². The van der Waals surface area contributed by atoms with Crippen molar-refractivity contribution in [3.8, 4) is 0 Å². The first-order valence-corrected chi connectivity index (χ1v) is 13.8. The van der Waals surface area contributed by atoms with Gasteiger partial charge >= 0.3 is 5.97 Å². The Balaban J connectivity index is 1.60. The van der Waals surface area contributed by atoms with Gasteiger partial charge in [-0.05, 0) is 59.7 Å². The number of rotatable bonds is 8. The molecule has 4 aromatic rings. The first kappa shape index (κ1) is 24.8. The van der Waals surface area contributed by atoms with Crippen molar-refractivity contribution in [2.75, 3.05) is 4.31 Å². The summed E-state index contributed by atoms with van der Waals surface area (Å²) in [5, 5.41) is 9.38. The molecule has 1 heterocycles. The average molecular weight is 528 g/mol. The number of carbonyl (C=O) groups is 1. The predicted octanol–water partition coefficient (Wildman–Crippen LogP) is 5.71. The molecule has 10 heteroatoms. The Morgan fingerprint density at radius 3 is 2.00 bits per heavy atom. The standard InChI is InChI=1S/C25H21NO6S3/c1-17(18-7-9-20(10-8-18)25(27)28)19-11-13-21(14-12-19)26(34(29)30)23-15-16-24(33-23)35(31,32)22-5-3-2-4-6-22/h2-17H,1H3,(H,27,28)(H,29,30). The quantitative estimate of drug-likeness (QED) is 0.284. The van der Waals surface area contributed by atoms with Crippen LogP contribution in [0.15, 0.2) is 100 Å². The first-order chi connectivity index (χ1) is 16.7. The molecular weight excluding hydrogens is 506 g/mol. The monoisotopic (exact) mass is 527 g/mol. The van der Waals surface area contributed by atoms with E-state index in [0.717, 1.165) is 26.8 Å². The minimum atomic E-state index is -3.74. The van der Waals surface area contributed by atoms with Gasteiger partial charge in [0.05, 0.1) is 16.1 Å². The van der Waals surface area contributed by atoms with Gasteiger partial charge in [0.2, 0.25) is 9.84 Å². The number of hydrogen-bond acceptors (Lipinski definition) is 5. The van der Waals surface area contributed by atoms with Gasteiger partial charge in [0, 0.05) is 5.92 Å². The number of benzene rings is 3. The van der Waals surface area contributed by atoms with Crippen LogP contribution < -0.4 is 4.31 Å². The Bertz CT molecular complexity index is 1460. The van der Waals surface area contributed by atoms with Crippen molar-refractivity contribution < 1.29 is 27.1 Å². The number of carboxylic acid groups (broad SMARTS) is 1. The highest BCUT2D eigenvalue weighted by atomic mass is 32.2. The predicted molar refractivity (Wildman–Crippen MR) is 136 cm³/mol. The summed E-state index contributed by atoms with van der Waals surface area (Å²) in [5.41, 5.74) is 2.49. The van der Waals surface area contributed by atoms with Crippen LogP contribution in [0.5, 0.6) is 0 Å². The lowest BCUT2D eigenvalue weighted by atomic mass is 9.92. The maximum absolute atomic E-state index is 12.9. The van der Waals surface area contributed by atoms with E-state index >= 15 is 0 Å². The largest absolute Gasteiger partial charge is 0.478 e. The molecule has 35 heavy (non-hydrogen) atoms. The van der Waals surface area contributed by atoms with Crippen molar-refractivity contribution >= 4 is 49.1 Å². The summed E-state index contributed by atoms with van der Waals surface area (Å²) in [6, 6.07) is 24.6. The molecule has 0 aliphatic heterocycles. The SMILES string of the molecule is CC(c1ccc(C(=O)O)cc1)c1ccc(N(c2ccc(S(=O)(=O)c3ccccc3)s2)S(=O)O)cc1. The molecule has 0 saturated heterocycles. The number of thiophene rings is 1. The van der Waals surface area contributed by atoms with Crippen molar-refractivity contribution in [1.29, 1.82) is 0 Å². The van der Waals surface area contributed by atoms with Crippen LogP contribution in [-0.4, -0.2) is 28.3 Å². The van der Waals surface area contributed by atoms with Crippen LogP contribution in [0.25, 0.3) is 0 Å². The summed E-state index contributed by atoms with van der Waals surface area (Å²) in [5.74, 6) is -1.02. The fourth-order valence-electron chi connectivity index (χ4n) is 3.58. The molecule has 0 bridgehead atoms. The molecule has 0 fully saturated rings. The van der Waals surface area contributed by atoms with Crippen molar-refractivity contribution in [2.24, 2.45) is 0 Å². The molecule has 4 rings (SSSR count). The first-order valence-electron chi connectivity index (χ1n) is 10.4. The summed E-state index contributed by atoms with van der Waals surface area (Å²) in [7, 11) is -3.74. The van der Waals surface area contributed by atoms with Crippen molar-refractivity contribution in [1.82, 2.24) is 0 Å². The highest BCUT2D eigenvalue weighted by Gasteiger charge is 2.24. The van der Waals surface area contributed by atoms with Crippen LogP contribution in [0.1, 0.15) is 34.3 Å². The third-order valence-electron chi connectivity index (χ3n) is 5.53. The van der Waals surface area contributed by atoms with Gasteiger partial charge in [0.1, 0.15) is 9.21 Å². The van der Waals surface area contributed by atoms with E-state index in [4.69, 9.17) is 5.11 Å². The Hall–Kier alpha value is -3.31. The van der Waals surface area contributed by atoms with Gasteiger partial charge in [0.15, 0.2) is 0 Å². The minimum Gasteiger partial charge on any atom is -0.478 e. The molecule has 0 aliphatic rings. The molecule has 0 radical (unpaired) electrons. The second-order valence-electron chi connectivity index (χ2n) is 7.67. The highest BCUT2D eigenvalue weighted by Crippen LogP contribution is 2.37. The maximum atomic E-state index is 12.9. The summed E-state index contributed by atoms with van der Waals surface area (Å²) < 4.78 is 49.2. The van der Waals surface area contributed by atoms with Gasteiger partial charge in [-0.3, -0.25) is 4.55 Å². The second kappa shape index (κ2) is 10.1. The smallest absolute Gasteiger partial charge is 0.335 e. The van der Waals surface area contributed by atoms with Crippen LogP contribution >= 0.6 is 11.3 Å². The van der Waals surface area contributed by atoms with Gasteiger partial charge in [0.25, 0.3) is 11.3 Å². The summed E-state index contributed by atoms with van der Waals surface area (Å²) in [6.07, 6.45) is 0. The van der Waals surface area contributed by atoms with Gasteiger partial charge in [-0.25, -0.2) is 21.7 Å². The molecule has 7 nitrogen and oxygen atoms in total. The molecular formula is C25H21NO6S3. The summed E-state index contributed by atoms with van der Waals surface area (Å²) in [4.78, 5) is 11.2. The van der Waals surface area contributed by atoms with Crippen molar-refractivity contribution in [3.63, 3.8) is 0 Å². The normalized spacial score (nSPS) is 13.2. The average Bonchev–Trinajstić information content (AvgIpc) is 3.35. The maximum Gasteiger partial charge on any atom is 0.335 e. The second-order valence-corrected chi connectivity index (χ2v) is 11.7. The zero-order valence-electron chi connectivity index (χ0n) is 18.4. The lowest BCUT2D eigenvalue weighted by Crippen LogP contribution is -2.18. The molecule has 0 spiro atoms. The Morgan fingerprint density at radius 1 is 0.886 bits per heavy atom. The van der Waals surface area contributed by atoms with Gasteiger partial charge in [-0.2, -0.15) is 0 Å². The van der Waals surface area contributed by atoms with Crippen LogP contribution in [0.3, 0.4) is 0 Å². The zero-order chi connectivity index (χ0) is 25.2. The van der Waals surface area contributed by atoms with Crippen molar-refractivity contribution in [2.45, 2.75) is 21.9 Å². The lowest BCUT2D eigenvalue weighted by molar-refractivity contribution is 0.0697. The van der Waals surface area contributed by atoms with Crippen LogP contribution in [0.4, 0.5) is 10.7 Å². The number of hydrogen-bond donors (Lipinski definition) is 2. The molecule has 3 aromatic carbocycles. The number of anilines is 2. The van der Waals surface area contributed by atoms with E-state index in [-0.39, 0.29) is 20.6 Å². The topological polar surface area (TPSA) is 112 Å². The van der Waals surface area contributed by atoms with Crippen molar-refractivity contribution in [3.05, 3.63) is 108 Å². The molecule has 0 aliphatic carbocycles. The number of nitrogens with zero attached hydrogens (tertiary/aromatic N) is 1. The van der Waals surface area contributed by atoms with E-state index in [0.29, 0.717) is 10.7 Å². The van der Waals surface area contributed by atoms with E-state index in [1.54, 1.807) is 54.6 Å². The summed E-state index contributed by atoms with van der Waals surface area (Å²) in [6.45, 7) is 1.98. The molecule has 2 atom stereocenters. The number of aromatic carboxylic acids is 1. The molecule has 0 amide bonds. The van der Waals surface area contributed by atoms with E-state index in [1.165, 1.54) is 24.3 Å². The van der Waals surface area contributed by atoms with Gasteiger partial charge in [-0.1, -0.05) is 49.4 Å².